The number of unbranched alkanes of at least 4 members (excludes halogenated alkanes) is 3. The molecule has 0 saturated carbocycles. The van der Waals surface area contributed by atoms with Crippen molar-refractivity contribution in [2.75, 3.05) is 13.2 Å². The molecule has 0 aliphatic rings. The van der Waals surface area contributed by atoms with Crippen LogP contribution in [0.3, 0.4) is 0 Å². The topological polar surface area (TPSA) is 51.1 Å². The normalized spacial score (nSPS) is 10.8. The van der Waals surface area contributed by atoms with Gasteiger partial charge in [-0.3, -0.25) is 0 Å². The molecule has 8 heteroatoms. The zero-order valence-corrected chi connectivity index (χ0v) is 15.3. The van der Waals surface area contributed by atoms with Crippen LogP contribution in [-0.2, 0) is 0 Å². The van der Waals surface area contributed by atoms with Crippen molar-refractivity contribution >= 4 is 52.6 Å². The standard InChI is InChI=1S/C15H17Cl4NO3/c16-12-9-11(22-8-5-14(18)19)10-13(17)15(12)23-7-4-2-1-3-6-20-21/h5-6,9-10,21H,1-4,7-8H2/b20-6+. The second-order valence-corrected chi connectivity index (χ2v) is 6.34. The van der Waals surface area contributed by atoms with Crippen molar-refractivity contribution < 1.29 is 14.7 Å². The molecule has 0 amide bonds. The van der Waals surface area contributed by atoms with Gasteiger partial charge < -0.3 is 14.7 Å². The first-order valence-electron chi connectivity index (χ1n) is 6.96. The van der Waals surface area contributed by atoms with Crippen molar-refractivity contribution in [2.24, 2.45) is 5.16 Å². The van der Waals surface area contributed by atoms with Crippen LogP contribution in [-0.4, -0.2) is 24.6 Å². The summed E-state index contributed by atoms with van der Waals surface area (Å²) in [5, 5.41) is 12.0. The number of hydrogen-bond acceptors (Lipinski definition) is 4. The van der Waals surface area contributed by atoms with Crippen molar-refractivity contribution in [1.29, 1.82) is 0 Å². The SMILES string of the molecule is O/N=C/CCCCCOc1c(Cl)cc(OCC=C(Cl)Cl)cc1Cl. The van der Waals surface area contributed by atoms with Crippen LogP contribution < -0.4 is 9.47 Å². The van der Waals surface area contributed by atoms with Crippen molar-refractivity contribution in [3.63, 3.8) is 0 Å². The summed E-state index contributed by atoms with van der Waals surface area (Å²) in [5.74, 6) is 0.935. The number of hydrogen-bond donors (Lipinski definition) is 1. The van der Waals surface area contributed by atoms with Gasteiger partial charge in [-0.15, -0.1) is 5.16 Å². The molecule has 0 saturated heterocycles. The lowest BCUT2D eigenvalue weighted by molar-refractivity contribution is 0.304. The third kappa shape index (κ3) is 8.56. The molecule has 0 spiro atoms. The van der Waals surface area contributed by atoms with Gasteiger partial charge in [-0.25, -0.2) is 0 Å². The number of nitrogens with zero attached hydrogens (tertiary/aromatic N) is 1. The summed E-state index contributed by atoms with van der Waals surface area (Å²) in [6, 6.07) is 3.24. The van der Waals surface area contributed by atoms with E-state index in [1.54, 1.807) is 12.1 Å². The van der Waals surface area contributed by atoms with E-state index in [9.17, 15) is 0 Å². The van der Waals surface area contributed by atoms with Crippen molar-refractivity contribution in [2.45, 2.75) is 25.7 Å². The molecule has 23 heavy (non-hydrogen) atoms. The number of ether oxygens (including phenoxy) is 2. The minimum absolute atomic E-state index is 0.132. The Morgan fingerprint density at radius 3 is 2.39 bits per heavy atom. The van der Waals surface area contributed by atoms with Crippen LogP contribution in [0.4, 0.5) is 0 Å². The van der Waals surface area contributed by atoms with Crippen LogP contribution in [0.2, 0.25) is 10.0 Å². The van der Waals surface area contributed by atoms with Gasteiger partial charge in [-0.05, 0) is 31.8 Å². The molecule has 0 aromatic heterocycles. The zero-order valence-electron chi connectivity index (χ0n) is 12.3. The molecular formula is C15H17Cl4NO3. The van der Waals surface area contributed by atoms with Gasteiger partial charge in [0.05, 0.1) is 16.7 Å². The summed E-state index contributed by atoms with van der Waals surface area (Å²) in [4.78, 5) is 0. The highest BCUT2D eigenvalue weighted by molar-refractivity contribution is 6.55. The summed E-state index contributed by atoms with van der Waals surface area (Å²) in [6.07, 6.45) is 6.46. The highest BCUT2D eigenvalue weighted by Gasteiger charge is 2.10. The van der Waals surface area contributed by atoms with Gasteiger partial charge in [0.1, 0.15) is 16.8 Å². The summed E-state index contributed by atoms with van der Waals surface area (Å²) in [5.41, 5.74) is 0. The molecule has 1 aromatic rings. The molecule has 1 N–H and O–H groups in total. The van der Waals surface area contributed by atoms with Gasteiger partial charge in [0, 0.05) is 18.3 Å². The molecule has 0 aliphatic carbocycles. The van der Waals surface area contributed by atoms with Crippen molar-refractivity contribution in [1.82, 2.24) is 0 Å². The Morgan fingerprint density at radius 1 is 1.09 bits per heavy atom. The minimum Gasteiger partial charge on any atom is -0.490 e. The number of benzene rings is 1. The molecule has 1 aromatic carbocycles. The smallest absolute Gasteiger partial charge is 0.156 e. The average Bonchev–Trinajstić information content (AvgIpc) is 2.48. The average molecular weight is 401 g/mol. The van der Waals surface area contributed by atoms with E-state index in [1.165, 1.54) is 12.3 Å². The van der Waals surface area contributed by atoms with Crippen LogP contribution in [0.5, 0.6) is 11.5 Å². The van der Waals surface area contributed by atoms with Gasteiger partial charge >= 0.3 is 0 Å². The van der Waals surface area contributed by atoms with Crippen LogP contribution in [0.25, 0.3) is 0 Å². The third-order valence-corrected chi connectivity index (χ3v) is 3.64. The van der Waals surface area contributed by atoms with Gasteiger partial charge in [-0.1, -0.05) is 46.4 Å². The molecule has 0 unspecified atom stereocenters. The quantitative estimate of drug-likeness (QED) is 0.223. The molecular weight excluding hydrogens is 384 g/mol. The number of rotatable bonds is 10. The lowest BCUT2D eigenvalue weighted by atomic mass is 10.2. The molecule has 128 valence electrons. The summed E-state index contributed by atoms with van der Waals surface area (Å²) in [7, 11) is 0. The maximum absolute atomic E-state index is 8.27. The van der Waals surface area contributed by atoms with Gasteiger partial charge in [-0.2, -0.15) is 0 Å². The van der Waals surface area contributed by atoms with E-state index in [0.29, 0.717) is 28.2 Å². The molecule has 0 atom stereocenters. The number of oxime groups is 1. The van der Waals surface area contributed by atoms with E-state index in [0.717, 1.165) is 25.7 Å². The van der Waals surface area contributed by atoms with Crippen LogP contribution in [0.1, 0.15) is 25.7 Å². The Kier molecular flexibility index (Phi) is 10.3. The zero-order chi connectivity index (χ0) is 17.1. The Morgan fingerprint density at radius 2 is 1.78 bits per heavy atom. The van der Waals surface area contributed by atoms with E-state index < -0.39 is 0 Å². The lowest BCUT2D eigenvalue weighted by Gasteiger charge is -2.12. The van der Waals surface area contributed by atoms with Crippen LogP contribution in [0, 0.1) is 0 Å². The lowest BCUT2D eigenvalue weighted by Crippen LogP contribution is -2.00. The fourth-order valence-corrected chi connectivity index (χ4v) is 2.41. The maximum atomic E-state index is 8.27. The van der Waals surface area contributed by atoms with E-state index in [2.05, 4.69) is 5.16 Å². The van der Waals surface area contributed by atoms with Gasteiger partial charge in [0.25, 0.3) is 0 Å². The Labute approximate surface area is 155 Å². The van der Waals surface area contributed by atoms with Crippen LogP contribution >= 0.6 is 46.4 Å². The Bertz CT molecular complexity index is 523. The van der Waals surface area contributed by atoms with E-state index in [4.69, 9.17) is 61.1 Å². The Balaban J connectivity index is 2.45. The monoisotopic (exact) mass is 399 g/mol. The Hall–Kier alpha value is -0.810. The van der Waals surface area contributed by atoms with Gasteiger partial charge in [0.2, 0.25) is 0 Å². The largest absolute Gasteiger partial charge is 0.490 e. The molecule has 0 bridgehead atoms. The van der Waals surface area contributed by atoms with E-state index in [-0.39, 0.29) is 11.1 Å². The predicted octanol–water partition coefficient (Wildman–Crippen LogP) is 6.09. The molecule has 4 nitrogen and oxygen atoms in total. The fraction of sp³-hybridized carbons (Fsp3) is 0.400. The van der Waals surface area contributed by atoms with Crippen molar-refractivity contribution in [3.8, 4) is 11.5 Å². The third-order valence-electron chi connectivity index (χ3n) is 2.77. The highest BCUT2D eigenvalue weighted by atomic mass is 35.5. The van der Waals surface area contributed by atoms with Crippen LogP contribution in [0.15, 0.2) is 27.9 Å². The second-order valence-electron chi connectivity index (χ2n) is 4.52. The van der Waals surface area contributed by atoms with Gasteiger partial charge in [0.15, 0.2) is 5.75 Å². The molecule has 0 fully saturated rings. The maximum Gasteiger partial charge on any atom is 0.156 e. The van der Waals surface area contributed by atoms with E-state index in [1.807, 2.05) is 0 Å². The predicted molar refractivity (Wildman–Crippen MR) is 96.0 cm³/mol. The number of halogens is 4. The fourth-order valence-electron chi connectivity index (χ4n) is 1.71. The molecule has 0 heterocycles. The molecule has 0 aliphatic heterocycles. The first kappa shape index (κ1) is 20.2. The summed E-state index contributed by atoms with van der Waals surface area (Å²) in [6.45, 7) is 0.715. The first-order chi connectivity index (χ1) is 11.0. The highest BCUT2D eigenvalue weighted by Crippen LogP contribution is 2.37. The minimum atomic E-state index is 0.132. The summed E-state index contributed by atoms with van der Waals surface area (Å²) >= 11 is 23.3. The van der Waals surface area contributed by atoms with Crippen molar-refractivity contribution in [3.05, 3.63) is 32.7 Å². The summed E-state index contributed by atoms with van der Waals surface area (Å²) < 4.78 is 11.2. The second kappa shape index (κ2) is 11.7. The molecule has 0 radical (unpaired) electrons. The van der Waals surface area contributed by atoms with E-state index >= 15 is 0 Å². The molecule has 1 rings (SSSR count). The first-order valence-corrected chi connectivity index (χ1v) is 8.47.